The average molecular weight is 194 g/mol. The molecule has 0 fully saturated rings. The predicted molar refractivity (Wildman–Crippen MR) is 52.2 cm³/mol. The maximum atomic E-state index is 5.52. The molecular formula is C11H14O3. The van der Waals surface area contributed by atoms with E-state index < -0.39 is 0 Å². The van der Waals surface area contributed by atoms with Crippen molar-refractivity contribution >= 4 is 0 Å². The first-order chi connectivity index (χ1) is 6.83. The molecule has 0 aromatic heterocycles. The fourth-order valence-corrected chi connectivity index (χ4v) is 1.72. The van der Waals surface area contributed by atoms with E-state index in [1.165, 1.54) is 5.56 Å². The van der Waals surface area contributed by atoms with Crippen LogP contribution in [0.3, 0.4) is 0 Å². The lowest BCUT2D eigenvalue weighted by atomic mass is 10.1. The third-order valence-corrected chi connectivity index (χ3v) is 2.38. The SMILES string of the molecule is COCOc1cccc2c1[C@H](C)OC2. The zero-order valence-corrected chi connectivity index (χ0v) is 8.45. The van der Waals surface area contributed by atoms with Gasteiger partial charge in [0.15, 0.2) is 6.79 Å². The van der Waals surface area contributed by atoms with E-state index in [-0.39, 0.29) is 12.9 Å². The van der Waals surface area contributed by atoms with Crippen LogP contribution in [0.5, 0.6) is 5.75 Å². The Balaban J connectivity index is 2.27. The number of methoxy groups -OCH3 is 1. The maximum Gasteiger partial charge on any atom is 0.188 e. The molecule has 2 rings (SSSR count). The van der Waals surface area contributed by atoms with Crippen molar-refractivity contribution < 1.29 is 14.2 Å². The molecule has 0 N–H and O–H groups in total. The first-order valence-electron chi connectivity index (χ1n) is 4.68. The van der Waals surface area contributed by atoms with Crippen LogP contribution in [0.15, 0.2) is 18.2 Å². The van der Waals surface area contributed by atoms with Gasteiger partial charge in [-0.3, -0.25) is 0 Å². The Bertz CT molecular complexity index is 322. The summed E-state index contributed by atoms with van der Waals surface area (Å²) in [5, 5.41) is 0. The summed E-state index contributed by atoms with van der Waals surface area (Å²) in [7, 11) is 1.61. The lowest BCUT2D eigenvalue weighted by Gasteiger charge is -2.11. The number of hydrogen-bond acceptors (Lipinski definition) is 3. The largest absolute Gasteiger partial charge is 0.467 e. The molecule has 1 heterocycles. The molecule has 1 aromatic carbocycles. The van der Waals surface area contributed by atoms with E-state index in [0.29, 0.717) is 6.61 Å². The van der Waals surface area contributed by atoms with Crippen LogP contribution < -0.4 is 4.74 Å². The second-order valence-corrected chi connectivity index (χ2v) is 3.33. The van der Waals surface area contributed by atoms with Gasteiger partial charge in [-0.2, -0.15) is 0 Å². The van der Waals surface area contributed by atoms with Gasteiger partial charge in [0.25, 0.3) is 0 Å². The fraction of sp³-hybridized carbons (Fsp3) is 0.455. The van der Waals surface area contributed by atoms with E-state index >= 15 is 0 Å². The minimum Gasteiger partial charge on any atom is -0.467 e. The first-order valence-corrected chi connectivity index (χ1v) is 4.68. The standard InChI is InChI=1S/C11H14O3/c1-8-11-9(6-13-8)4-3-5-10(11)14-7-12-2/h3-5,8H,6-7H2,1-2H3/t8-/m0/s1. The molecule has 0 unspecified atom stereocenters. The smallest absolute Gasteiger partial charge is 0.188 e. The molecule has 0 amide bonds. The Labute approximate surface area is 83.6 Å². The summed E-state index contributed by atoms with van der Waals surface area (Å²) in [5.74, 6) is 0.870. The molecule has 0 radical (unpaired) electrons. The van der Waals surface area contributed by atoms with Crippen LogP contribution in [-0.4, -0.2) is 13.9 Å². The monoisotopic (exact) mass is 194 g/mol. The van der Waals surface area contributed by atoms with Crippen molar-refractivity contribution in [2.75, 3.05) is 13.9 Å². The maximum absolute atomic E-state index is 5.52. The van der Waals surface area contributed by atoms with Crippen LogP contribution in [0.2, 0.25) is 0 Å². The molecular weight excluding hydrogens is 180 g/mol. The van der Waals surface area contributed by atoms with Crippen molar-refractivity contribution in [3.05, 3.63) is 29.3 Å². The lowest BCUT2D eigenvalue weighted by molar-refractivity contribution is 0.0457. The molecule has 76 valence electrons. The Morgan fingerprint density at radius 3 is 3.14 bits per heavy atom. The van der Waals surface area contributed by atoms with Gasteiger partial charge in [-0.1, -0.05) is 12.1 Å². The second kappa shape index (κ2) is 3.98. The zero-order valence-electron chi connectivity index (χ0n) is 8.45. The van der Waals surface area contributed by atoms with Gasteiger partial charge in [0.05, 0.1) is 12.7 Å². The molecule has 0 bridgehead atoms. The number of rotatable bonds is 3. The third kappa shape index (κ3) is 1.61. The normalized spacial score (nSPS) is 19.4. The van der Waals surface area contributed by atoms with Crippen molar-refractivity contribution in [1.82, 2.24) is 0 Å². The molecule has 3 nitrogen and oxygen atoms in total. The minimum atomic E-state index is 0.123. The van der Waals surface area contributed by atoms with Crippen molar-refractivity contribution in [1.29, 1.82) is 0 Å². The van der Waals surface area contributed by atoms with Gasteiger partial charge in [-0.05, 0) is 18.6 Å². The van der Waals surface area contributed by atoms with E-state index in [9.17, 15) is 0 Å². The summed E-state index contributed by atoms with van der Waals surface area (Å²) < 4.78 is 15.9. The van der Waals surface area contributed by atoms with Gasteiger partial charge in [-0.15, -0.1) is 0 Å². The van der Waals surface area contributed by atoms with Gasteiger partial charge in [-0.25, -0.2) is 0 Å². The van der Waals surface area contributed by atoms with E-state index in [2.05, 4.69) is 6.07 Å². The highest BCUT2D eigenvalue weighted by molar-refractivity contribution is 5.43. The highest BCUT2D eigenvalue weighted by atomic mass is 16.7. The van der Waals surface area contributed by atoms with Crippen LogP contribution in [0.1, 0.15) is 24.2 Å². The van der Waals surface area contributed by atoms with E-state index in [1.807, 2.05) is 19.1 Å². The molecule has 1 atom stereocenters. The van der Waals surface area contributed by atoms with E-state index in [1.54, 1.807) is 7.11 Å². The van der Waals surface area contributed by atoms with Crippen molar-refractivity contribution in [2.45, 2.75) is 19.6 Å². The second-order valence-electron chi connectivity index (χ2n) is 3.33. The highest BCUT2D eigenvalue weighted by Crippen LogP contribution is 2.36. The highest BCUT2D eigenvalue weighted by Gasteiger charge is 2.22. The molecule has 0 spiro atoms. The van der Waals surface area contributed by atoms with Crippen LogP contribution in [0.4, 0.5) is 0 Å². The topological polar surface area (TPSA) is 27.7 Å². The molecule has 0 saturated carbocycles. The first kappa shape index (κ1) is 9.49. The van der Waals surface area contributed by atoms with Gasteiger partial charge in [0, 0.05) is 12.7 Å². The van der Waals surface area contributed by atoms with Crippen molar-refractivity contribution in [2.24, 2.45) is 0 Å². The van der Waals surface area contributed by atoms with Crippen LogP contribution >= 0.6 is 0 Å². The summed E-state index contributed by atoms with van der Waals surface area (Å²) in [5.41, 5.74) is 2.37. The molecule has 1 aliphatic heterocycles. The molecule has 14 heavy (non-hydrogen) atoms. The van der Waals surface area contributed by atoms with Gasteiger partial charge < -0.3 is 14.2 Å². The fourth-order valence-electron chi connectivity index (χ4n) is 1.72. The number of benzene rings is 1. The molecule has 1 aliphatic rings. The summed E-state index contributed by atoms with van der Waals surface area (Å²) in [4.78, 5) is 0. The molecule has 1 aromatic rings. The van der Waals surface area contributed by atoms with Gasteiger partial charge in [0.2, 0.25) is 0 Å². The summed E-state index contributed by atoms with van der Waals surface area (Å²) in [6.07, 6.45) is 0.123. The summed E-state index contributed by atoms with van der Waals surface area (Å²) >= 11 is 0. The van der Waals surface area contributed by atoms with Crippen LogP contribution in [0.25, 0.3) is 0 Å². The predicted octanol–water partition coefficient (Wildman–Crippen LogP) is 2.26. The number of hydrogen-bond donors (Lipinski definition) is 0. The zero-order chi connectivity index (χ0) is 9.97. The van der Waals surface area contributed by atoms with Crippen molar-refractivity contribution in [3.63, 3.8) is 0 Å². The van der Waals surface area contributed by atoms with E-state index in [4.69, 9.17) is 14.2 Å². The van der Waals surface area contributed by atoms with E-state index in [0.717, 1.165) is 11.3 Å². The van der Waals surface area contributed by atoms with Crippen molar-refractivity contribution in [3.8, 4) is 5.75 Å². The Kier molecular flexibility index (Phi) is 2.70. The molecule has 0 saturated heterocycles. The summed E-state index contributed by atoms with van der Waals surface area (Å²) in [6, 6.07) is 5.99. The molecule has 0 aliphatic carbocycles. The number of fused-ring (bicyclic) bond motifs is 1. The average Bonchev–Trinajstić information content (AvgIpc) is 2.58. The molecule has 3 heteroatoms. The van der Waals surface area contributed by atoms with Crippen LogP contribution in [-0.2, 0) is 16.1 Å². The third-order valence-electron chi connectivity index (χ3n) is 2.38. The van der Waals surface area contributed by atoms with Gasteiger partial charge in [0.1, 0.15) is 5.75 Å². The Hall–Kier alpha value is -1.06. The van der Waals surface area contributed by atoms with Crippen LogP contribution in [0, 0.1) is 0 Å². The Morgan fingerprint density at radius 2 is 2.36 bits per heavy atom. The quantitative estimate of drug-likeness (QED) is 0.691. The number of ether oxygens (including phenoxy) is 3. The lowest BCUT2D eigenvalue weighted by Crippen LogP contribution is -2.02. The Morgan fingerprint density at radius 1 is 1.50 bits per heavy atom. The minimum absolute atomic E-state index is 0.123. The van der Waals surface area contributed by atoms with Gasteiger partial charge >= 0.3 is 0 Å². The summed E-state index contributed by atoms with van der Waals surface area (Å²) in [6.45, 7) is 3.00.